The highest BCUT2D eigenvalue weighted by Crippen LogP contribution is 2.47. The van der Waals surface area contributed by atoms with Gasteiger partial charge in [-0.2, -0.15) is 0 Å². The lowest BCUT2D eigenvalue weighted by molar-refractivity contribution is 0.630. The van der Waals surface area contributed by atoms with E-state index in [1.807, 2.05) is 31.2 Å². The Balaban J connectivity index is 1.97. The predicted molar refractivity (Wildman–Crippen MR) is 73.2 cm³/mol. The van der Waals surface area contributed by atoms with Crippen LogP contribution in [0.4, 0.5) is 4.39 Å². The highest BCUT2D eigenvalue weighted by atomic mass is 19.1. The van der Waals surface area contributed by atoms with E-state index >= 15 is 0 Å². The van der Waals surface area contributed by atoms with E-state index in [2.05, 4.69) is 19.1 Å². The second-order valence-electron chi connectivity index (χ2n) is 5.62. The second-order valence-corrected chi connectivity index (χ2v) is 5.62. The van der Waals surface area contributed by atoms with Crippen LogP contribution in [0.15, 0.2) is 42.5 Å². The lowest BCUT2D eigenvalue weighted by Gasteiger charge is -2.10. The highest BCUT2D eigenvalue weighted by Gasteiger charge is 2.38. The molecule has 0 spiro atoms. The molecule has 0 atom stereocenters. The Kier molecular flexibility index (Phi) is 2.51. The molecule has 0 amide bonds. The van der Waals surface area contributed by atoms with Crippen LogP contribution >= 0.6 is 0 Å². The summed E-state index contributed by atoms with van der Waals surface area (Å²) < 4.78 is 13.9. The lowest BCUT2D eigenvalue weighted by Crippen LogP contribution is -1.98. The van der Waals surface area contributed by atoms with Gasteiger partial charge in [-0.05, 0) is 47.9 Å². The molecule has 0 nitrogen and oxygen atoms in total. The fraction of sp³-hybridized carbons (Fsp3) is 0.294. The Hall–Kier alpha value is -1.63. The number of aryl methyl sites for hydroxylation is 1. The summed E-state index contributed by atoms with van der Waals surface area (Å²) in [5.41, 5.74) is 4.36. The standard InChI is InChI=1S/C17H17F/c1-12-3-8-15(16(18)11-12)13-4-6-14(7-5-13)17(2)9-10-17/h3-8,11H,9-10H2,1-2H3. The summed E-state index contributed by atoms with van der Waals surface area (Å²) in [6.07, 6.45) is 2.54. The summed E-state index contributed by atoms with van der Waals surface area (Å²) in [6, 6.07) is 13.8. The van der Waals surface area contributed by atoms with Crippen LogP contribution in [0.2, 0.25) is 0 Å². The van der Waals surface area contributed by atoms with Crippen LogP contribution < -0.4 is 0 Å². The molecule has 0 aliphatic heterocycles. The number of benzene rings is 2. The van der Waals surface area contributed by atoms with Crippen molar-refractivity contribution in [2.24, 2.45) is 0 Å². The summed E-state index contributed by atoms with van der Waals surface area (Å²) in [6.45, 7) is 4.19. The Labute approximate surface area is 107 Å². The minimum absolute atomic E-state index is 0.139. The van der Waals surface area contributed by atoms with Crippen molar-refractivity contribution in [3.63, 3.8) is 0 Å². The maximum absolute atomic E-state index is 13.9. The van der Waals surface area contributed by atoms with Crippen LogP contribution in [0.3, 0.4) is 0 Å². The van der Waals surface area contributed by atoms with Gasteiger partial charge in [0.1, 0.15) is 5.82 Å². The van der Waals surface area contributed by atoms with Gasteiger partial charge in [0.05, 0.1) is 0 Å². The quantitative estimate of drug-likeness (QED) is 0.703. The largest absolute Gasteiger partial charge is 0.206 e. The fourth-order valence-corrected chi connectivity index (χ4v) is 2.38. The normalized spacial score (nSPS) is 16.6. The molecule has 2 aromatic carbocycles. The third kappa shape index (κ3) is 1.94. The van der Waals surface area contributed by atoms with Gasteiger partial charge >= 0.3 is 0 Å². The van der Waals surface area contributed by atoms with Crippen molar-refractivity contribution in [2.45, 2.75) is 32.1 Å². The molecule has 0 saturated heterocycles. The lowest BCUT2D eigenvalue weighted by atomic mass is 9.95. The summed E-state index contributed by atoms with van der Waals surface area (Å²) in [4.78, 5) is 0. The van der Waals surface area contributed by atoms with E-state index in [4.69, 9.17) is 0 Å². The topological polar surface area (TPSA) is 0 Å². The molecule has 1 fully saturated rings. The average Bonchev–Trinajstić information content (AvgIpc) is 3.09. The van der Waals surface area contributed by atoms with Gasteiger partial charge in [0.15, 0.2) is 0 Å². The van der Waals surface area contributed by atoms with E-state index in [1.54, 1.807) is 6.07 Å². The number of hydrogen-bond acceptors (Lipinski definition) is 0. The number of hydrogen-bond donors (Lipinski definition) is 0. The maximum atomic E-state index is 13.9. The summed E-state index contributed by atoms with van der Waals surface area (Å²) in [5, 5.41) is 0. The molecule has 2 aromatic rings. The molecule has 0 aromatic heterocycles. The maximum Gasteiger partial charge on any atom is 0.131 e. The molecule has 1 aliphatic carbocycles. The molecule has 0 radical (unpaired) electrons. The Morgan fingerprint density at radius 1 is 1.00 bits per heavy atom. The van der Waals surface area contributed by atoms with E-state index in [1.165, 1.54) is 18.4 Å². The van der Waals surface area contributed by atoms with E-state index in [9.17, 15) is 4.39 Å². The van der Waals surface area contributed by atoms with Gasteiger partial charge in [-0.15, -0.1) is 0 Å². The Morgan fingerprint density at radius 2 is 1.67 bits per heavy atom. The van der Waals surface area contributed by atoms with Crippen LogP contribution in [0.5, 0.6) is 0 Å². The molecular formula is C17H17F. The molecule has 92 valence electrons. The minimum atomic E-state index is -0.139. The first-order chi connectivity index (χ1) is 8.58. The van der Waals surface area contributed by atoms with Gasteiger partial charge in [-0.1, -0.05) is 43.3 Å². The van der Waals surface area contributed by atoms with Gasteiger partial charge in [0.2, 0.25) is 0 Å². The second kappa shape index (κ2) is 3.94. The van der Waals surface area contributed by atoms with Crippen molar-refractivity contribution < 1.29 is 4.39 Å². The fourth-order valence-electron chi connectivity index (χ4n) is 2.38. The van der Waals surface area contributed by atoms with Crippen molar-refractivity contribution in [2.75, 3.05) is 0 Å². The van der Waals surface area contributed by atoms with E-state index in [0.29, 0.717) is 11.0 Å². The summed E-state index contributed by atoms with van der Waals surface area (Å²) in [5.74, 6) is -0.139. The molecule has 1 saturated carbocycles. The average molecular weight is 240 g/mol. The molecule has 1 aliphatic rings. The van der Waals surface area contributed by atoms with E-state index < -0.39 is 0 Å². The molecule has 0 heterocycles. The Morgan fingerprint density at radius 3 is 2.22 bits per heavy atom. The van der Waals surface area contributed by atoms with Gasteiger partial charge in [-0.25, -0.2) is 4.39 Å². The van der Waals surface area contributed by atoms with Crippen molar-refractivity contribution in [1.82, 2.24) is 0 Å². The molecule has 0 unspecified atom stereocenters. The summed E-state index contributed by atoms with van der Waals surface area (Å²) in [7, 11) is 0. The van der Waals surface area contributed by atoms with E-state index in [-0.39, 0.29) is 5.82 Å². The van der Waals surface area contributed by atoms with Crippen molar-refractivity contribution in [1.29, 1.82) is 0 Å². The molecule has 0 N–H and O–H groups in total. The predicted octanol–water partition coefficient (Wildman–Crippen LogP) is 4.85. The van der Waals surface area contributed by atoms with Crippen LogP contribution in [-0.2, 0) is 5.41 Å². The zero-order valence-electron chi connectivity index (χ0n) is 10.8. The number of rotatable bonds is 2. The third-order valence-corrected chi connectivity index (χ3v) is 4.02. The summed E-state index contributed by atoms with van der Waals surface area (Å²) >= 11 is 0. The van der Waals surface area contributed by atoms with Crippen LogP contribution in [-0.4, -0.2) is 0 Å². The van der Waals surface area contributed by atoms with Gasteiger partial charge in [0, 0.05) is 5.56 Å². The monoisotopic (exact) mass is 240 g/mol. The zero-order chi connectivity index (χ0) is 12.8. The Bertz CT molecular complexity index is 577. The van der Waals surface area contributed by atoms with Crippen LogP contribution in [0.1, 0.15) is 30.9 Å². The van der Waals surface area contributed by atoms with Crippen LogP contribution in [0.25, 0.3) is 11.1 Å². The third-order valence-electron chi connectivity index (χ3n) is 4.02. The van der Waals surface area contributed by atoms with Crippen molar-refractivity contribution in [3.05, 3.63) is 59.4 Å². The first kappa shape index (κ1) is 11.5. The molecular weight excluding hydrogens is 223 g/mol. The van der Waals surface area contributed by atoms with Gasteiger partial charge < -0.3 is 0 Å². The smallest absolute Gasteiger partial charge is 0.131 e. The van der Waals surface area contributed by atoms with Gasteiger partial charge in [0.25, 0.3) is 0 Å². The van der Waals surface area contributed by atoms with E-state index in [0.717, 1.165) is 11.1 Å². The molecule has 3 rings (SSSR count). The molecule has 18 heavy (non-hydrogen) atoms. The minimum Gasteiger partial charge on any atom is -0.206 e. The van der Waals surface area contributed by atoms with Gasteiger partial charge in [-0.3, -0.25) is 0 Å². The zero-order valence-corrected chi connectivity index (χ0v) is 10.8. The number of halogens is 1. The van der Waals surface area contributed by atoms with Crippen molar-refractivity contribution >= 4 is 0 Å². The highest BCUT2D eigenvalue weighted by molar-refractivity contribution is 5.65. The SMILES string of the molecule is Cc1ccc(-c2ccc(C3(C)CC3)cc2)c(F)c1. The van der Waals surface area contributed by atoms with Crippen LogP contribution in [0, 0.1) is 12.7 Å². The first-order valence-electron chi connectivity index (χ1n) is 6.46. The molecule has 0 bridgehead atoms. The first-order valence-corrected chi connectivity index (χ1v) is 6.46. The van der Waals surface area contributed by atoms with Crippen molar-refractivity contribution in [3.8, 4) is 11.1 Å². The molecule has 1 heteroatoms.